The molecule has 4 rings (SSSR count). The van der Waals surface area contributed by atoms with Gasteiger partial charge in [-0.05, 0) is 24.1 Å². The largest absolute Gasteiger partial charge is 0.494 e. The summed E-state index contributed by atoms with van der Waals surface area (Å²) in [6.07, 6.45) is 0.961. The number of amides is 1. The van der Waals surface area contributed by atoms with Crippen molar-refractivity contribution in [3.05, 3.63) is 71.4 Å². The number of methoxy groups -OCH3 is 1. The number of hydrogen-bond donors (Lipinski definition) is 1. The molecule has 0 fully saturated rings. The third kappa shape index (κ3) is 3.63. The fraction of sp³-hybridized carbons (Fsp3) is 0.304. The number of aromatic nitrogens is 2. The Labute approximate surface area is 170 Å². The third-order valence-corrected chi connectivity index (χ3v) is 5.12. The summed E-state index contributed by atoms with van der Waals surface area (Å²) in [7, 11) is 1.64. The van der Waals surface area contributed by atoms with E-state index in [2.05, 4.69) is 17.1 Å². The molecule has 1 amide bonds. The molecule has 0 radical (unpaired) electrons. The highest BCUT2D eigenvalue weighted by Crippen LogP contribution is 2.42. The van der Waals surface area contributed by atoms with Crippen molar-refractivity contribution in [1.82, 2.24) is 15.1 Å². The molecule has 2 aromatic carbocycles. The predicted molar refractivity (Wildman–Crippen MR) is 111 cm³/mol. The van der Waals surface area contributed by atoms with E-state index >= 15 is 0 Å². The van der Waals surface area contributed by atoms with Gasteiger partial charge in [0.2, 0.25) is 0 Å². The Kier molecular flexibility index (Phi) is 5.62. The summed E-state index contributed by atoms with van der Waals surface area (Å²) in [6, 6.07) is 17.7. The van der Waals surface area contributed by atoms with Crippen molar-refractivity contribution in [2.24, 2.45) is 0 Å². The quantitative estimate of drug-likeness (QED) is 0.629. The van der Waals surface area contributed by atoms with Gasteiger partial charge in [0, 0.05) is 24.8 Å². The standard InChI is InChI=1S/C23H25N3O3/c1-3-14-29-18-11-9-17(10-12-18)22-19-20(16-7-5-4-6-8-16)24-25-21(19)23(27)26(22)13-15-28-2/h4-12,22H,3,13-15H2,1-2H3,(H,24,25). The summed E-state index contributed by atoms with van der Waals surface area (Å²) in [6.45, 7) is 3.74. The first-order chi connectivity index (χ1) is 14.2. The van der Waals surface area contributed by atoms with Crippen LogP contribution in [0.4, 0.5) is 0 Å². The second-order valence-electron chi connectivity index (χ2n) is 7.04. The lowest BCUT2D eigenvalue weighted by molar-refractivity contribution is 0.0677. The molecule has 1 N–H and O–H groups in total. The highest BCUT2D eigenvalue weighted by molar-refractivity contribution is 6.00. The minimum Gasteiger partial charge on any atom is -0.494 e. The Bertz CT molecular complexity index is 967. The van der Waals surface area contributed by atoms with Gasteiger partial charge in [-0.25, -0.2) is 0 Å². The topological polar surface area (TPSA) is 67.5 Å². The van der Waals surface area contributed by atoms with E-state index in [1.54, 1.807) is 7.11 Å². The van der Waals surface area contributed by atoms with E-state index in [4.69, 9.17) is 9.47 Å². The maximum absolute atomic E-state index is 13.1. The van der Waals surface area contributed by atoms with Crippen molar-refractivity contribution < 1.29 is 14.3 Å². The minimum atomic E-state index is -0.221. The normalized spacial score (nSPS) is 15.6. The number of benzene rings is 2. The first-order valence-corrected chi connectivity index (χ1v) is 9.91. The van der Waals surface area contributed by atoms with Gasteiger partial charge in [0.15, 0.2) is 0 Å². The maximum atomic E-state index is 13.1. The Morgan fingerprint density at radius 3 is 2.52 bits per heavy atom. The fourth-order valence-corrected chi connectivity index (χ4v) is 3.75. The molecule has 3 aromatic rings. The van der Waals surface area contributed by atoms with Crippen LogP contribution in [0.3, 0.4) is 0 Å². The summed E-state index contributed by atoms with van der Waals surface area (Å²) < 4.78 is 11.0. The number of aromatic amines is 1. The summed E-state index contributed by atoms with van der Waals surface area (Å²) >= 11 is 0. The summed E-state index contributed by atoms with van der Waals surface area (Å²) in [5.74, 6) is 0.780. The molecule has 2 heterocycles. The first-order valence-electron chi connectivity index (χ1n) is 9.91. The Morgan fingerprint density at radius 2 is 1.83 bits per heavy atom. The Hall–Kier alpha value is -3.12. The molecule has 1 unspecified atom stereocenters. The van der Waals surface area contributed by atoms with Crippen molar-refractivity contribution in [1.29, 1.82) is 0 Å². The van der Waals surface area contributed by atoms with Gasteiger partial charge >= 0.3 is 0 Å². The van der Waals surface area contributed by atoms with E-state index in [-0.39, 0.29) is 11.9 Å². The van der Waals surface area contributed by atoms with Gasteiger partial charge in [0.05, 0.1) is 24.9 Å². The number of carbonyl (C=O) groups excluding carboxylic acids is 1. The molecule has 150 valence electrons. The van der Waals surface area contributed by atoms with Crippen LogP contribution in [-0.2, 0) is 4.74 Å². The zero-order valence-corrected chi connectivity index (χ0v) is 16.7. The molecule has 29 heavy (non-hydrogen) atoms. The van der Waals surface area contributed by atoms with Crippen LogP contribution in [0.5, 0.6) is 5.75 Å². The summed E-state index contributed by atoms with van der Waals surface area (Å²) in [4.78, 5) is 15.0. The lowest BCUT2D eigenvalue weighted by Gasteiger charge is -2.26. The number of fused-ring (bicyclic) bond motifs is 1. The molecule has 1 aliphatic rings. The molecule has 0 saturated carbocycles. The monoisotopic (exact) mass is 391 g/mol. The minimum absolute atomic E-state index is 0.0527. The van der Waals surface area contributed by atoms with Gasteiger partial charge in [0.1, 0.15) is 11.4 Å². The van der Waals surface area contributed by atoms with Crippen LogP contribution in [0.15, 0.2) is 54.6 Å². The van der Waals surface area contributed by atoms with Crippen LogP contribution in [0.2, 0.25) is 0 Å². The van der Waals surface area contributed by atoms with Gasteiger partial charge in [0.25, 0.3) is 5.91 Å². The van der Waals surface area contributed by atoms with Crippen LogP contribution in [-0.4, -0.2) is 47.9 Å². The van der Waals surface area contributed by atoms with Crippen LogP contribution in [0, 0.1) is 0 Å². The molecular weight excluding hydrogens is 366 g/mol. The second-order valence-corrected chi connectivity index (χ2v) is 7.04. The van der Waals surface area contributed by atoms with Crippen molar-refractivity contribution in [2.45, 2.75) is 19.4 Å². The van der Waals surface area contributed by atoms with Crippen molar-refractivity contribution in [2.75, 3.05) is 26.9 Å². The second kappa shape index (κ2) is 8.49. The zero-order valence-electron chi connectivity index (χ0n) is 16.7. The number of nitrogens with zero attached hydrogens (tertiary/aromatic N) is 2. The molecule has 6 heteroatoms. The van der Waals surface area contributed by atoms with Gasteiger partial charge in [-0.15, -0.1) is 0 Å². The Balaban J connectivity index is 1.76. The number of H-pyrrole nitrogens is 1. The van der Waals surface area contributed by atoms with Crippen molar-refractivity contribution >= 4 is 5.91 Å². The van der Waals surface area contributed by atoms with Gasteiger partial charge < -0.3 is 14.4 Å². The molecule has 0 bridgehead atoms. The number of carbonyl (C=O) groups is 1. The molecule has 0 spiro atoms. The third-order valence-electron chi connectivity index (χ3n) is 5.12. The zero-order chi connectivity index (χ0) is 20.2. The van der Waals surface area contributed by atoms with E-state index in [0.717, 1.165) is 34.6 Å². The van der Waals surface area contributed by atoms with E-state index in [0.29, 0.717) is 25.5 Å². The molecule has 0 saturated heterocycles. The predicted octanol–water partition coefficient (Wildman–Crippen LogP) is 4.06. The highest BCUT2D eigenvalue weighted by Gasteiger charge is 2.41. The molecule has 1 aromatic heterocycles. The van der Waals surface area contributed by atoms with Gasteiger partial charge in [-0.2, -0.15) is 5.10 Å². The van der Waals surface area contributed by atoms with Crippen molar-refractivity contribution in [3.63, 3.8) is 0 Å². The van der Waals surface area contributed by atoms with E-state index in [1.807, 2.05) is 59.5 Å². The van der Waals surface area contributed by atoms with Gasteiger partial charge in [-0.1, -0.05) is 49.4 Å². The van der Waals surface area contributed by atoms with E-state index in [9.17, 15) is 4.79 Å². The number of ether oxygens (including phenoxy) is 2. The number of rotatable bonds is 8. The lowest BCUT2D eigenvalue weighted by atomic mass is 9.96. The average molecular weight is 391 g/mol. The van der Waals surface area contributed by atoms with Crippen molar-refractivity contribution in [3.8, 4) is 17.0 Å². The van der Waals surface area contributed by atoms with Gasteiger partial charge in [-0.3, -0.25) is 9.89 Å². The van der Waals surface area contributed by atoms with E-state index < -0.39 is 0 Å². The van der Waals surface area contributed by atoms with E-state index in [1.165, 1.54) is 0 Å². The van der Waals surface area contributed by atoms with Crippen LogP contribution in [0.1, 0.15) is 41.0 Å². The molecule has 1 aliphatic heterocycles. The average Bonchev–Trinajstić information content (AvgIpc) is 3.31. The maximum Gasteiger partial charge on any atom is 0.273 e. The molecular formula is C23H25N3O3. The summed E-state index contributed by atoms with van der Waals surface area (Å²) in [5, 5.41) is 7.45. The molecule has 1 atom stereocenters. The van der Waals surface area contributed by atoms with Crippen LogP contribution < -0.4 is 4.74 Å². The fourth-order valence-electron chi connectivity index (χ4n) is 3.75. The lowest BCUT2D eigenvalue weighted by Crippen LogP contribution is -2.32. The molecule has 0 aliphatic carbocycles. The number of nitrogens with one attached hydrogen (secondary N) is 1. The number of hydrogen-bond acceptors (Lipinski definition) is 4. The van der Waals surface area contributed by atoms with Crippen LogP contribution >= 0.6 is 0 Å². The SMILES string of the molecule is CCCOc1ccc(C2c3c(-c4ccccc4)n[nH]c3C(=O)N2CCOC)cc1. The smallest absolute Gasteiger partial charge is 0.273 e. The Morgan fingerprint density at radius 1 is 1.07 bits per heavy atom. The first kappa shape index (κ1) is 19.2. The summed E-state index contributed by atoms with van der Waals surface area (Å²) in [5.41, 5.74) is 4.29. The van der Waals surface area contributed by atoms with Crippen LogP contribution in [0.25, 0.3) is 11.3 Å². The highest BCUT2D eigenvalue weighted by atomic mass is 16.5. The molecule has 6 nitrogen and oxygen atoms in total.